The van der Waals surface area contributed by atoms with Crippen molar-refractivity contribution in [2.45, 2.75) is 12.2 Å². The molecule has 19 heavy (non-hydrogen) atoms. The second-order valence-electron chi connectivity index (χ2n) is 4.04. The Morgan fingerprint density at radius 1 is 0.842 bits per heavy atom. The lowest BCUT2D eigenvalue weighted by Crippen LogP contribution is -2.27. The van der Waals surface area contributed by atoms with Crippen LogP contribution in [0.15, 0.2) is 54.6 Å². The average Bonchev–Trinajstić information content (AvgIpc) is 2.37. The van der Waals surface area contributed by atoms with Crippen LogP contribution in [0.1, 0.15) is 11.6 Å². The second kappa shape index (κ2) is 5.30. The van der Waals surface area contributed by atoms with Crippen molar-refractivity contribution in [3.8, 4) is 0 Å². The van der Waals surface area contributed by atoms with Crippen LogP contribution in [0.3, 0.4) is 0 Å². The van der Waals surface area contributed by atoms with Gasteiger partial charge in [-0.25, -0.2) is 4.39 Å². The molecule has 0 bridgehead atoms. The number of hydrogen-bond acceptors (Lipinski definition) is 1. The molecule has 0 aromatic heterocycles. The maximum Gasteiger partial charge on any atom is 0.412 e. The van der Waals surface area contributed by atoms with Crippen molar-refractivity contribution >= 4 is 5.69 Å². The summed E-state index contributed by atoms with van der Waals surface area (Å²) >= 11 is 0. The second-order valence-corrected chi connectivity index (χ2v) is 4.04. The summed E-state index contributed by atoms with van der Waals surface area (Å²) in [7, 11) is 0. The van der Waals surface area contributed by atoms with E-state index in [0.717, 1.165) is 24.3 Å². The Bertz CT molecular complexity index is 519. The van der Waals surface area contributed by atoms with Crippen molar-refractivity contribution < 1.29 is 17.6 Å². The molecule has 0 aliphatic carbocycles. The van der Waals surface area contributed by atoms with E-state index in [1.165, 1.54) is 0 Å². The van der Waals surface area contributed by atoms with E-state index in [9.17, 15) is 17.6 Å². The minimum absolute atomic E-state index is 0.0299. The van der Waals surface area contributed by atoms with Crippen LogP contribution in [0.25, 0.3) is 0 Å². The maximum atomic E-state index is 13.0. The van der Waals surface area contributed by atoms with Crippen LogP contribution in [-0.2, 0) is 0 Å². The molecule has 5 heteroatoms. The molecule has 0 radical (unpaired) electrons. The molecule has 100 valence electrons. The van der Waals surface area contributed by atoms with Crippen molar-refractivity contribution in [2.24, 2.45) is 0 Å². The predicted octanol–water partition coefficient (Wildman–Crippen LogP) is 4.54. The van der Waals surface area contributed by atoms with Gasteiger partial charge in [0.05, 0.1) is 0 Å². The third-order valence-corrected chi connectivity index (χ3v) is 2.62. The van der Waals surface area contributed by atoms with Crippen LogP contribution < -0.4 is 5.32 Å². The van der Waals surface area contributed by atoms with Gasteiger partial charge in [-0.1, -0.05) is 30.3 Å². The van der Waals surface area contributed by atoms with Crippen molar-refractivity contribution in [1.29, 1.82) is 0 Å². The number of hydrogen-bond donors (Lipinski definition) is 1. The standard InChI is InChI=1S/C14H11F4N/c15-11-8-6-10(7-9-11)13(14(16,17)18)19-12-4-2-1-3-5-12/h1-9,13,19H. The van der Waals surface area contributed by atoms with Gasteiger partial charge in [-0.15, -0.1) is 0 Å². The highest BCUT2D eigenvalue weighted by Gasteiger charge is 2.40. The SMILES string of the molecule is Fc1ccc(C(Nc2ccccc2)C(F)(F)F)cc1. The predicted molar refractivity (Wildman–Crippen MR) is 65.3 cm³/mol. The molecule has 2 aromatic carbocycles. The first-order chi connectivity index (χ1) is 8.97. The molecule has 1 atom stereocenters. The molecule has 0 fully saturated rings. The average molecular weight is 269 g/mol. The summed E-state index contributed by atoms with van der Waals surface area (Å²) in [5.74, 6) is -0.565. The van der Waals surface area contributed by atoms with E-state index in [-0.39, 0.29) is 5.56 Å². The number of alkyl halides is 3. The first-order valence-corrected chi connectivity index (χ1v) is 5.60. The summed E-state index contributed by atoms with van der Waals surface area (Å²) in [6.45, 7) is 0. The molecule has 0 aliphatic heterocycles. The highest BCUT2D eigenvalue weighted by atomic mass is 19.4. The molecule has 0 saturated heterocycles. The van der Waals surface area contributed by atoms with Crippen LogP contribution in [0.2, 0.25) is 0 Å². The van der Waals surface area contributed by atoms with E-state index in [1.807, 2.05) is 0 Å². The van der Waals surface area contributed by atoms with E-state index < -0.39 is 18.0 Å². The molecule has 0 amide bonds. The van der Waals surface area contributed by atoms with Gasteiger partial charge < -0.3 is 5.32 Å². The fourth-order valence-electron chi connectivity index (χ4n) is 1.71. The fourth-order valence-corrected chi connectivity index (χ4v) is 1.71. The van der Waals surface area contributed by atoms with Gasteiger partial charge in [-0.05, 0) is 29.8 Å². The summed E-state index contributed by atoms with van der Waals surface area (Å²) < 4.78 is 51.9. The van der Waals surface area contributed by atoms with Crippen LogP contribution in [-0.4, -0.2) is 6.18 Å². The number of benzene rings is 2. The van der Waals surface area contributed by atoms with Crippen molar-refractivity contribution in [3.63, 3.8) is 0 Å². The Labute approximate surface area is 107 Å². The Morgan fingerprint density at radius 2 is 1.42 bits per heavy atom. The molecular weight excluding hydrogens is 258 g/mol. The lowest BCUT2D eigenvalue weighted by molar-refractivity contribution is -0.144. The molecule has 0 spiro atoms. The Kier molecular flexibility index (Phi) is 3.74. The van der Waals surface area contributed by atoms with Gasteiger partial charge in [-0.2, -0.15) is 13.2 Å². The van der Waals surface area contributed by atoms with Crippen LogP contribution in [0.4, 0.5) is 23.2 Å². The fraction of sp³-hybridized carbons (Fsp3) is 0.143. The summed E-state index contributed by atoms with van der Waals surface area (Å²) in [6, 6.07) is 10.5. The first-order valence-electron chi connectivity index (χ1n) is 5.60. The number of anilines is 1. The zero-order valence-corrected chi connectivity index (χ0v) is 9.79. The molecule has 2 aromatic rings. The number of nitrogens with one attached hydrogen (secondary N) is 1. The number of rotatable bonds is 3. The minimum atomic E-state index is -4.46. The number of para-hydroxylation sites is 1. The van der Waals surface area contributed by atoms with Gasteiger partial charge >= 0.3 is 6.18 Å². The lowest BCUT2D eigenvalue weighted by atomic mass is 10.1. The van der Waals surface area contributed by atoms with Gasteiger partial charge in [0, 0.05) is 5.69 Å². The molecule has 0 aliphatic rings. The van der Waals surface area contributed by atoms with E-state index in [4.69, 9.17) is 0 Å². The molecule has 1 nitrogen and oxygen atoms in total. The van der Waals surface area contributed by atoms with Crippen molar-refractivity contribution in [2.75, 3.05) is 5.32 Å². The molecule has 0 heterocycles. The van der Waals surface area contributed by atoms with Crippen LogP contribution in [0.5, 0.6) is 0 Å². The third-order valence-electron chi connectivity index (χ3n) is 2.62. The molecule has 1 unspecified atom stereocenters. The third kappa shape index (κ3) is 3.47. The quantitative estimate of drug-likeness (QED) is 0.806. The van der Waals surface area contributed by atoms with E-state index in [0.29, 0.717) is 5.69 Å². The van der Waals surface area contributed by atoms with Crippen LogP contribution >= 0.6 is 0 Å². The largest absolute Gasteiger partial charge is 0.412 e. The maximum absolute atomic E-state index is 13.0. The van der Waals surface area contributed by atoms with Gasteiger partial charge in [0.1, 0.15) is 11.9 Å². The summed E-state index contributed by atoms with van der Waals surface area (Å²) in [6.07, 6.45) is -4.46. The van der Waals surface area contributed by atoms with Gasteiger partial charge in [-0.3, -0.25) is 0 Å². The zero-order chi connectivity index (χ0) is 13.9. The molecule has 2 rings (SSSR count). The Hall–Kier alpha value is -2.04. The Morgan fingerprint density at radius 3 is 1.95 bits per heavy atom. The molecule has 1 N–H and O–H groups in total. The van der Waals surface area contributed by atoms with Gasteiger partial charge in [0.25, 0.3) is 0 Å². The monoisotopic (exact) mass is 269 g/mol. The summed E-state index contributed by atoms with van der Waals surface area (Å²) in [5, 5.41) is 2.41. The van der Waals surface area contributed by atoms with E-state index in [2.05, 4.69) is 5.32 Å². The first kappa shape index (κ1) is 13.4. The molecule has 0 saturated carbocycles. The van der Waals surface area contributed by atoms with E-state index in [1.54, 1.807) is 30.3 Å². The number of halogens is 4. The zero-order valence-electron chi connectivity index (χ0n) is 9.79. The summed E-state index contributed by atoms with van der Waals surface area (Å²) in [4.78, 5) is 0. The molecular formula is C14H11F4N. The van der Waals surface area contributed by atoms with Crippen molar-refractivity contribution in [1.82, 2.24) is 0 Å². The van der Waals surface area contributed by atoms with Crippen molar-refractivity contribution in [3.05, 3.63) is 66.0 Å². The van der Waals surface area contributed by atoms with E-state index >= 15 is 0 Å². The highest BCUT2D eigenvalue weighted by molar-refractivity contribution is 5.45. The highest BCUT2D eigenvalue weighted by Crippen LogP contribution is 2.35. The van der Waals surface area contributed by atoms with Gasteiger partial charge in [0.15, 0.2) is 0 Å². The lowest BCUT2D eigenvalue weighted by Gasteiger charge is -2.23. The minimum Gasteiger partial charge on any atom is -0.370 e. The van der Waals surface area contributed by atoms with Gasteiger partial charge in [0.2, 0.25) is 0 Å². The Balaban J connectivity index is 2.29. The summed E-state index contributed by atoms with van der Waals surface area (Å²) in [5.41, 5.74) is 0.326. The topological polar surface area (TPSA) is 12.0 Å². The van der Waals surface area contributed by atoms with Crippen LogP contribution in [0, 0.1) is 5.82 Å². The normalized spacial score (nSPS) is 13.1. The smallest absolute Gasteiger partial charge is 0.370 e.